The van der Waals surface area contributed by atoms with Gasteiger partial charge in [0, 0.05) is 18.3 Å². The first-order valence-electron chi connectivity index (χ1n) is 5.66. The number of pyridine rings is 1. The van der Waals surface area contributed by atoms with Crippen LogP contribution in [0, 0.1) is 11.3 Å². The van der Waals surface area contributed by atoms with Gasteiger partial charge in [-0.05, 0) is 37.8 Å². The van der Waals surface area contributed by atoms with Gasteiger partial charge >= 0.3 is 0 Å². The Morgan fingerprint density at radius 2 is 2.06 bits per heavy atom. The molecule has 0 atom stereocenters. The predicted molar refractivity (Wildman–Crippen MR) is 62.8 cm³/mol. The molecular weight excluding hydrogens is 200 g/mol. The number of nitrogens with zero attached hydrogens (tertiary/aromatic N) is 2. The number of aromatic nitrogens is 1. The van der Waals surface area contributed by atoms with Crippen LogP contribution in [0.15, 0.2) is 18.3 Å². The summed E-state index contributed by atoms with van der Waals surface area (Å²) in [5, 5.41) is 12.0. The second kappa shape index (κ2) is 4.95. The van der Waals surface area contributed by atoms with Crippen molar-refractivity contribution in [3.63, 3.8) is 0 Å². The fourth-order valence-electron chi connectivity index (χ4n) is 2.02. The standard InChI is InChI=1S/C12H16N4/c13-7-9-1-6-12(15-8-9)16-11-4-2-10(14)3-5-11/h1,6,8,10-11H,2-5,14H2,(H,15,16). The van der Waals surface area contributed by atoms with Crippen molar-refractivity contribution in [3.8, 4) is 6.07 Å². The van der Waals surface area contributed by atoms with E-state index in [1.807, 2.05) is 6.07 Å². The van der Waals surface area contributed by atoms with E-state index in [4.69, 9.17) is 11.0 Å². The molecule has 0 spiro atoms. The first-order chi connectivity index (χ1) is 7.78. The quantitative estimate of drug-likeness (QED) is 0.788. The molecule has 4 nitrogen and oxygen atoms in total. The van der Waals surface area contributed by atoms with Crippen molar-refractivity contribution in [3.05, 3.63) is 23.9 Å². The molecule has 2 rings (SSSR count). The zero-order valence-corrected chi connectivity index (χ0v) is 9.19. The van der Waals surface area contributed by atoms with Gasteiger partial charge in [-0.2, -0.15) is 5.26 Å². The molecule has 1 aliphatic rings. The maximum Gasteiger partial charge on any atom is 0.126 e. The summed E-state index contributed by atoms with van der Waals surface area (Å²) in [4.78, 5) is 4.20. The second-order valence-corrected chi connectivity index (χ2v) is 4.30. The van der Waals surface area contributed by atoms with E-state index in [1.54, 1.807) is 12.3 Å². The minimum absolute atomic E-state index is 0.368. The summed E-state index contributed by atoms with van der Waals surface area (Å²) in [6, 6.07) is 6.53. The molecule has 1 aromatic heterocycles. The Balaban J connectivity index is 1.91. The Kier molecular flexibility index (Phi) is 3.37. The van der Waals surface area contributed by atoms with Crippen molar-refractivity contribution in [1.82, 2.24) is 4.98 Å². The van der Waals surface area contributed by atoms with Crippen LogP contribution in [0.2, 0.25) is 0 Å². The molecule has 4 heteroatoms. The summed E-state index contributed by atoms with van der Waals surface area (Å²) in [6.45, 7) is 0. The SMILES string of the molecule is N#Cc1ccc(NC2CCC(N)CC2)nc1. The molecule has 0 amide bonds. The van der Waals surface area contributed by atoms with Gasteiger partial charge in [0.2, 0.25) is 0 Å². The molecule has 16 heavy (non-hydrogen) atoms. The highest BCUT2D eigenvalue weighted by Gasteiger charge is 2.18. The van der Waals surface area contributed by atoms with Gasteiger partial charge in [-0.25, -0.2) is 4.98 Å². The molecule has 1 fully saturated rings. The van der Waals surface area contributed by atoms with Crippen LogP contribution < -0.4 is 11.1 Å². The predicted octanol–water partition coefficient (Wildman–Crippen LogP) is 1.64. The van der Waals surface area contributed by atoms with Gasteiger partial charge in [-0.1, -0.05) is 0 Å². The Labute approximate surface area is 95.5 Å². The summed E-state index contributed by atoms with van der Waals surface area (Å²) < 4.78 is 0. The van der Waals surface area contributed by atoms with Crippen LogP contribution in [0.3, 0.4) is 0 Å². The third-order valence-electron chi connectivity index (χ3n) is 3.02. The zero-order valence-electron chi connectivity index (χ0n) is 9.19. The topological polar surface area (TPSA) is 74.7 Å². The molecule has 1 aliphatic carbocycles. The number of hydrogen-bond donors (Lipinski definition) is 2. The van der Waals surface area contributed by atoms with Crippen LogP contribution in [0.25, 0.3) is 0 Å². The first kappa shape index (κ1) is 10.9. The maximum atomic E-state index is 8.65. The lowest BCUT2D eigenvalue weighted by Crippen LogP contribution is -2.32. The van der Waals surface area contributed by atoms with Gasteiger partial charge in [-0.3, -0.25) is 0 Å². The van der Waals surface area contributed by atoms with Gasteiger partial charge in [0.05, 0.1) is 5.56 Å². The van der Waals surface area contributed by atoms with E-state index >= 15 is 0 Å². The van der Waals surface area contributed by atoms with Gasteiger partial charge in [0.25, 0.3) is 0 Å². The number of anilines is 1. The molecule has 1 saturated carbocycles. The Morgan fingerprint density at radius 1 is 1.31 bits per heavy atom. The van der Waals surface area contributed by atoms with Crippen molar-refractivity contribution in [2.24, 2.45) is 5.73 Å². The molecule has 3 N–H and O–H groups in total. The first-order valence-corrected chi connectivity index (χ1v) is 5.66. The van der Waals surface area contributed by atoms with Crippen molar-refractivity contribution in [2.45, 2.75) is 37.8 Å². The number of nitrogens with two attached hydrogens (primary N) is 1. The van der Waals surface area contributed by atoms with Crippen LogP contribution >= 0.6 is 0 Å². The highest BCUT2D eigenvalue weighted by Crippen LogP contribution is 2.20. The Bertz CT molecular complexity index is 371. The summed E-state index contributed by atoms with van der Waals surface area (Å²) in [5.74, 6) is 0.847. The number of rotatable bonds is 2. The minimum Gasteiger partial charge on any atom is -0.367 e. The molecule has 0 unspecified atom stereocenters. The normalized spacial score (nSPS) is 24.8. The van der Waals surface area contributed by atoms with E-state index in [-0.39, 0.29) is 0 Å². The fraction of sp³-hybridized carbons (Fsp3) is 0.500. The van der Waals surface area contributed by atoms with Gasteiger partial charge in [-0.15, -0.1) is 0 Å². The Hall–Kier alpha value is -1.60. The summed E-state index contributed by atoms with van der Waals surface area (Å²) >= 11 is 0. The molecule has 0 saturated heterocycles. The molecule has 1 heterocycles. The molecule has 0 radical (unpaired) electrons. The van der Waals surface area contributed by atoms with Crippen molar-refractivity contribution in [1.29, 1.82) is 5.26 Å². The van der Waals surface area contributed by atoms with Crippen LogP contribution in [0.5, 0.6) is 0 Å². The number of nitriles is 1. The van der Waals surface area contributed by atoms with Gasteiger partial charge < -0.3 is 11.1 Å². The van der Waals surface area contributed by atoms with Crippen molar-refractivity contribution >= 4 is 5.82 Å². The van der Waals surface area contributed by atoms with E-state index in [2.05, 4.69) is 16.4 Å². The number of nitrogens with one attached hydrogen (secondary N) is 1. The van der Waals surface area contributed by atoms with Crippen molar-refractivity contribution < 1.29 is 0 Å². The van der Waals surface area contributed by atoms with Crippen LogP contribution in [-0.2, 0) is 0 Å². The lowest BCUT2D eigenvalue weighted by atomic mass is 9.92. The highest BCUT2D eigenvalue weighted by atomic mass is 15.0. The van der Waals surface area contributed by atoms with Crippen LogP contribution in [0.1, 0.15) is 31.2 Å². The van der Waals surface area contributed by atoms with E-state index in [0.717, 1.165) is 31.5 Å². The largest absolute Gasteiger partial charge is 0.367 e. The van der Waals surface area contributed by atoms with E-state index < -0.39 is 0 Å². The monoisotopic (exact) mass is 216 g/mol. The third kappa shape index (κ3) is 2.71. The summed E-state index contributed by atoms with van der Waals surface area (Å²) in [5.41, 5.74) is 6.44. The van der Waals surface area contributed by atoms with E-state index in [9.17, 15) is 0 Å². The highest BCUT2D eigenvalue weighted by molar-refractivity contribution is 5.39. The van der Waals surface area contributed by atoms with Gasteiger partial charge in [0.15, 0.2) is 0 Å². The Morgan fingerprint density at radius 3 is 2.62 bits per heavy atom. The average Bonchev–Trinajstić information content (AvgIpc) is 2.33. The lowest BCUT2D eigenvalue weighted by molar-refractivity contribution is 0.410. The lowest BCUT2D eigenvalue weighted by Gasteiger charge is -2.27. The van der Waals surface area contributed by atoms with Crippen molar-refractivity contribution in [2.75, 3.05) is 5.32 Å². The molecule has 0 aliphatic heterocycles. The smallest absolute Gasteiger partial charge is 0.126 e. The molecule has 1 aromatic rings. The second-order valence-electron chi connectivity index (χ2n) is 4.30. The van der Waals surface area contributed by atoms with Gasteiger partial charge in [0.1, 0.15) is 11.9 Å². The number of hydrogen-bond acceptors (Lipinski definition) is 4. The molecule has 0 aromatic carbocycles. The third-order valence-corrected chi connectivity index (χ3v) is 3.02. The minimum atomic E-state index is 0.368. The maximum absolute atomic E-state index is 8.65. The molecule has 84 valence electrons. The van der Waals surface area contributed by atoms with E-state index in [0.29, 0.717) is 17.6 Å². The van der Waals surface area contributed by atoms with Crippen LogP contribution in [-0.4, -0.2) is 17.1 Å². The van der Waals surface area contributed by atoms with Crippen LogP contribution in [0.4, 0.5) is 5.82 Å². The zero-order chi connectivity index (χ0) is 11.4. The summed E-state index contributed by atoms with van der Waals surface area (Å²) in [6.07, 6.45) is 5.95. The average molecular weight is 216 g/mol. The fourth-order valence-corrected chi connectivity index (χ4v) is 2.02. The van der Waals surface area contributed by atoms with E-state index in [1.165, 1.54) is 0 Å². The molecule has 0 bridgehead atoms. The summed E-state index contributed by atoms with van der Waals surface area (Å²) in [7, 11) is 0. The molecular formula is C12H16N4.